The van der Waals surface area contributed by atoms with Crippen molar-refractivity contribution in [1.82, 2.24) is 15.5 Å². The first-order valence-electron chi connectivity index (χ1n) is 13.6. The third-order valence-electron chi connectivity index (χ3n) is 5.41. The maximum atomic E-state index is 12.5. The summed E-state index contributed by atoms with van der Waals surface area (Å²) in [5.74, 6) is -5.05. The van der Waals surface area contributed by atoms with Crippen molar-refractivity contribution in [3.05, 3.63) is 12.2 Å². The van der Waals surface area contributed by atoms with Crippen molar-refractivity contribution >= 4 is 29.9 Å². The van der Waals surface area contributed by atoms with Crippen LogP contribution >= 0.6 is 0 Å². The molecule has 0 atom stereocenters. The number of guanidine groups is 2. The summed E-state index contributed by atoms with van der Waals surface area (Å²) in [7, 11) is 0. The number of hydrogen-bond donors (Lipinski definition) is 6. The fraction of sp³-hybridized carbons (Fsp3) is 0.720. The van der Waals surface area contributed by atoms with E-state index >= 15 is 0 Å². The first-order chi connectivity index (χ1) is 19.9. The third kappa shape index (κ3) is 26.9. The smallest absolute Gasteiger partial charge is 0.430 e. The number of unbranched alkanes of at least 4 members (excludes halogenated alkanes) is 3. The Morgan fingerprint density at radius 1 is 0.977 bits per heavy atom. The average molecular weight is 636 g/mol. The Morgan fingerprint density at radius 3 is 1.98 bits per heavy atom. The molecule has 43 heavy (non-hydrogen) atoms. The molecule has 250 valence electrons. The Hall–Kier alpha value is -3.73. The van der Waals surface area contributed by atoms with Crippen LogP contribution in [0.4, 0.5) is 31.1 Å². The standard InChI is InChI=1S/C21H41N7O.2C2HF3O2/c1-18(2)17-26-19(22)24-13-10-6-8-12-16-28-15-11-7-4-3-5-9-14-25-20(23)27-21(28)29;2*3-2(4,5)1(6)7/h1,3-17H2,2H3,(H3,22,24,26)(H3,23,25,27,29);2*(H,6,7). The second-order valence-corrected chi connectivity index (χ2v) is 9.51. The highest BCUT2D eigenvalue weighted by atomic mass is 19.4. The van der Waals surface area contributed by atoms with Gasteiger partial charge >= 0.3 is 30.3 Å². The van der Waals surface area contributed by atoms with Crippen LogP contribution in [0, 0.1) is 0 Å². The zero-order valence-electron chi connectivity index (χ0n) is 24.2. The Bertz CT molecular complexity index is 888. The molecule has 0 radical (unpaired) electrons. The largest absolute Gasteiger partial charge is 0.542 e. The molecule has 0 unspecified atom stereocenters. The summed E-state index contributed by atoms with van der Waals surface area (Å²) >= 11 is 0. The molecule has 1 heterocycles. The number of alkyl halides is 6. The van der Waals surface area contributed by atoms with E-state index in [-0.39, 0.29) is 6.03 Å². The molecule has 1 aliphatic heterocycles. The van der Waals surface area contributed by atoms with Gasteiger partial charge < -0.3 is 24.7 Å². The number of carboxylic acid groups (broad SMARTS) is 2. The van der Waals surface area contributed by atoms with E-state index in [0.717, 1.165) is 70.3 Å². The van der Waals surface area contributed by atoms with Crippen LogP contribution in [-0.2, 0) is 9.59 Å². The molecule has 0 aromatic carbocycles. The molecule has 0 bridgehead atoms. The predicted molar refractivity (Wildman–Crippen MR) is 141 cm³/mol. The van der Waals surface area contributed by atoms with Gasteiger partial charge in [-0.15, -0.1) is 0 Å². The minimum absolute atomic E-state index is 0.0955. The Kier molecular flexibility index (Phi) is 22.0. The van der Waals surface area contributed by atoms with Crippen LogP contribution < -0.4 is 42.3 Å². The molecule has 0 aromatic heterocycles. The van der Waals surface area contributed by atoms with Crippen LogP contribution in [0.1, 0.15) is 71.1 Å². The molecular weight excluding hydrogens is 592 g/mol. The quantitative estimate of drug-likeness (QED) is 0.0523. The number of nitrogens with one attached hydrogen (secondary N) is 4. The van der Waals surface area contributed by atoms with E-state index in [2.05, 4.69) is 27.2 Å². The highest BCUT2D eigenvalue weighted by Crippen LogP contribution is 2.12. The summed E-state index contributed by atoms with van der Waals surface area (Å²) in [5.41, 5.74) is 12.8. The van der Waals surface area contributed by atoms with E-state index in [9.17, 15) is 31.1 Å². The number of carboxylic acids is 2. The Labute approximate surface area is 246 Å². The van der Waals surface area contributed by atoms with Crippen LogP contribution in [0.15, 0.2) is 12.2 Å². The second-order valence-electron chi connectivity index (χ2n) is 9.51. The van der Waals surface area contributed by atoms with E-state index in [1.165, 1.54) is 25.7 Å². The molecule has 0 saturated carbocycles. The zero-order valence-corrected chi connectivity index (χ0v) is 24.2. The summed E-state index contributed by atoms with van der Waals surface area (Å²) in [4.78, 5) is 38.2. The molecule has 12 nitrogen and oxygen atoms in total. The number of carbonyl (C=O) groups excluding carboxylic acids is 3. The first kappa shape index (κ1) is 41.4. The van der Waals surface area contributed by atoms with Crippen LogP contribution in [0.5, 0.6) is 0 Å². The monoisotopic (exact) mass is 635 g/mol. The molecular formula is C25H43F6N7O5. The Balaban J connectivity index is 0. The number of amides is 2. The van der Waals surface area contributed by atoms with Gasteiger partial charge in [0.1, 0.15) is 11.9 Å². The maximum Gasteiger partial charge on any atom is 0.430 e. The minimum Gasteiger partial charge on any atom is -0.542 e. The number of urea groups is 1. The molecule has 0 spiro atoms. The van der Waals surface area contributed by atoms with Gasteiger partial charge in [0.15, 0.2) is 0 Å². The van der Waals surface area contributed by atoms with Crippen molar-refractivity contribution in [2.45, 2.75) is 83.5 Å². The lowest BCUT2D eigenvalue weighted by molar-refractivity contribution is -0.460. The lowest BCUT2D eigenvalue weighted by atomic mass is 10.1. The Morgan fingerprint density at radius 2 is 1.47 bits per heavy atom. The first-order valence-corrected chi connectivity index (χ1v) is 13.6. The van der Waals surface area contributed by atoms with Crippen LogP contribution in [0.25, 0.3) is 0 Å². The van der Waals surface area contributed by atoms with Crippen molar-refractivity contribution in [3.63, 3.8) is 0 Å². The molecule has 1 aliphatic rings. The van der Waals surface area contributed by atoms with Gasteiger partial charge in [0, 0.05) is 13.1 Å². The van der Waals surface area contributed by atoms with Crippen molar-refractivity contribution < 1.29 is 60.9 Å². The van der Waals surface area contributed by atoms with E-state index < -0.39 is 24.3 Å². The summed E-state index contributed by atoms with van der Waals surface area (Å²) in [6.07, 6.45) is 0.859. The molecule has 0 aromatic rings. The summed E-state index contributed by atoms with van der Waals surface area (Å²) in [6.45, 7) is 9.70. The number of nitrogens with zero attached hydrogens (tertiary/aromatic N) is 1. The van der Waals surface area contributed by atoms with Crippen LogP contribution in [0.2, 0.25) is 0 Å². The number of hydrogen-bond acceptors (Lipinski definition) is 6. The third-order valence-corrected chi connectivity index (χ3v) is 5.41. The highest BCUT2D eigenvalue weighted by molar-refractivity contribution is 5.92. The van der Waals surface area contributed by atoms with Gasteiger partial charge in [0.2, 0.25) is 0 Å². The van der Waals surface area contributed by atoms with E-state index in [1.54, 1.807) is 0 Å². The normalized spacial score (nSPS) is 15.4. The molecule has 8 N–H and O–H groups in total. The van der Waals surface area contributed by atoms with E-state index in [0.29, 0.717) is 18.5 Å². The molecule has 0 fully saturated rings. The number of rotatable bonds is 9. The van der Waals surface area contributed by atoms with Gasteiger partial charge in [0.25, 0.3) is 0 Å². The summed E-state index contributed by atoms with van der Waals surface area (Å²) in [5, 5.41) is 23.5. The second kappa shape index (κ2) is 22.8. The van der Waals surface area contributed by atoms with Gasteiger partial charge in [-0.2, -0.15) is 31.7 Å². The van der Waals surface area contributed by atoms with Crippen LogP contribution in [-0.4, -0.2) is 79.9 Å². The van der Waals surface area contributed by atoms with Crippen molar-refractivity contribution in [2.75, 3.05) is 32.7 Å². The van der Waals surface area contributed by atoms with Crippen molar-refractivity contribution in [3.8, 4) is 0 Å². The number of halogens is 6. The van der Waals surface area contributed by atoms with E-state index in [4.69, 9.17) is 31.3 Å². The van der Waals surface area contributed by atoms with Crippen molar-refractivity contribution in [2.24, 2.45) is 11.5 Å². The molecule has 1 rings (SSSR count). The van der Waals surface area contributed by atoms with Gasteiger partial charge in [0.05, 0.1) is 19.6 Å². The van der Waals surface area contributed by atoms with Gasteiger partial charge in [-0.25, -0.2) is 4.79 Å². The molecule has 18 heteroatoms. The van der Waals surface area contributed by atoms with E-state index in [1.807, 2.05) is 11.8 Å². The summed E-state index contributed by atoms with van der Waals surface area (Å²) in [6, 6.07) is -0.0955. The maximum absolute atomic E-state index is 12.5. The minimum atomic E-state index is -5.19. The molecule has 0 aliphatic carbocycles. The zero-order chi connectivity index (χ0) is 33.5. The highest BCUT2D eigenvalue weighted by Gasteiger charge is 2.29. The summed E-state index contributed by atoms with van der Waals surface area (Å²) < 4.78 is 63.1. The number of aliphatic carboxylic acids is 2. The number of nitrogens with two attached hydrogens (primary N) is 2. The lowest BCUT2D eigenvalue weighted by Crippen LogP contribution is -2.79. The van der Waals surface area contributed by atoms with Gasteiger partial charge in [-0.1, -0.05) is 45.1 Å². The van der Waals surface area contributed by atoms with Gasteiger partial charge in [-0.3, -0.25) is 26.8 Å². The fourth-order valence-electron chi connectivity index (χ4n) is 3.22. The molecule has 2 amide bonds. The fourth-order valence-corrected chi connectivity index (χ4v) is 3.22. The predicted octanol–water partition coefficient (Wildman–Crippen LogP) is -2.53. The van der Waals surface area contributed by atoms with Crippen molar-refractivity contribution in [1.29, 1.82) is 0 Å². The van der Waals surface area contributed by atoms with Gasteiger partial charge in [-0.05, 0) is 38.2 Å². The lowest BCUT2D eigenvalue weighted by Gasteiger charge is -2.20. The van der Waals surface area contributed by atoms with Crippen LogP contribution in [0.3, 0.4) is 0 Å². The topological polar surface area (TPSA) is 205 Å². The molecule has 0 saturated heterocycles. The SMILES string of the molecule is C=C(C)C[NH+]=C(N)NCCCCCCN1CCCCCCCC[NH+]=C(N)NC1=O.O=C([O-])C(F)(F)F.O=C([O-])C(F)(F)F. The number of carbonyl (C=O) groups is 3. The average Bonchev–Trinajstić information content (AvgIpc) is 2.89.